The number of nitrogens with one attached hydrogen (secondary N) is 4. The van der Waals surface area contributed by atoms with Crippen LogP contribution in [-0.4, -0.2) is 59.0 Å². The number of epoxide rings is 1. The number of aromatic amines is 1. The number of ketones is 1. The summed E-state index contributed by atoms with van der Waals surface area (Å²) in [5, 5.41) is 9.10. The normalized spacial score (nSPS) is 18.9. The van der Waals surface area contributed by atoms with Gasteiger partial charge in [-0.1, -0.05) is 68.8 Å². The number of H-pyrrole nitrogens is 1. The molecule has 1 fully saturated rings. The minimum Gasteiger partial charge on any atom is -0.445 e. The molecule has 2 heterocycles. The molecule has 1 saturated heterocycles. The fourth-order valence-corrected chi connectivity index (χ4v) is 4.57. The van der Waals surface area contributed by atoms with Crippen molar-refractivity contribution in [3.63, 3.8) is 0 Å². The van der Waals surface area contributed by atoms with Gasteiger partial charge in [-0.05, 0) is 37.0 Å². The first-order valence-corrected chi connectivity index (χ1v) is 13.9. The topological polar surface area (TPSA) is 142 Å². The van der Waals surface area contributed by atoms with Crippen molar-refractivity contribution in [2.24, 2.45) is 5.92 Å². The SMILES string of the molecule is CCC(C)C(NC(=O)C(Cc1c[nH]c2ccccc12)NC(=O)C(C)NC(=O)OCc1ccccc1)C(=O)C1(C)CO1. The lowest BCUT2D eigenvalue weighted by molar-refractivity contribution is -0.134. The highest BCUT2D eigenvalue weighted by molar-refractivity contribution is 5.98. The van der Waals surface area contributed by atoms with Gasteiger partial charge in [0.15, 0.2) is 5.78 Å². The van der Waals surface area contributed by atoms with Gasteiger partial charge in [-0.25, -0.2) is 4.79 Å². The Morgan fingerprint density at radius 1 is 0.976 bits per heavy atom. The molecule has 3 aromatic rings. The number of rotatable bonds is 13. The van der Waals surface area contributed by atoms with Crippen molar-refractivity contribution in [2.75, 3.05) is 6.61 Å². The Balaban J connectivity index is 1.47. The van der Waals surface area contributed by atoms with Gasteiger partial charge < -0.3 is 30.4 Å². The van der Waals surface area contributed by atoms with Crippen LogP contribution < -0.4 is 16.0 Å². The second-order valence-corrected chi connectivity index (χ2v) is 10.8. The number of carbonyl (C=O) groups excluding carboxylic acids is 4. The molecule has 5 atom stereocenters. The number of hydrogen-bond acceptors (Lipinski definition) is 6. The Kier molecular flexibility index (Phi) is 9.44. The van der Waals surface area contributed by atoms with Crippen molar-refractivity contribution in [1.29, 1.82) is 0 Å². The quantitative estimate of drug-likeness (QED) is 0.235. The van der Waals surface area contributed by atoms with E-state index < -0.39 is 41.6 Å². The third kappa shape index (κ3) is 7.52. The van der Waals surface area contributed by atoms with Crippen LogP contribution in [0, 0.1) is 5.92 Å². The van der Waals surface area contributed by atoms with Crippen LogP contribution in [0.25, 0.3) is 10.9 Å². The number of Topliss-reactive ketones (excluding diaryl/α,β-unsaturated/α-hetero) is 1. The van der Waals surface area contributed by atoms with Crippen molar-refractivity contribution in [3.05, 3.63) is 71.9 Å². The minimum absolute atomic E-state index is 0.0558. The summed E-state index contributed by atoms with van der Waals surface area (Å²) in [5.74, 6) is -1.39. The number of ether oxygens (including phenoxy) is 2. The molecule has 4 rings (SSSR count). The number of carbonyl (C=O) groups is 4. The van der Waals surface area contributed by atoms with E-state index in [1.165, 1.54) is 6.92 Å². The standard InChI is InChI=1S/C31H38N4O6/c1-5-19(2)26(27(36)31(4)18-41-31)35-29(38)25(15-22-16-32-24-14-10-9-13-23(22)24)34-28(37)20(3)33-30(39)40-17-21-11-7-6-8-12-21/h6-14,16,19-20,25-26,32H,5,15,17-18H2,1-4H3,(H,33,39)(H,34,37)(H,35,38). The second kappa shape index (κ2) is 13.0. The van der Waals surface area contributed by atoms with Crippen LogP contribution in [0.2, 0.25) is 0 Å². The zero-order valence-corrected chi connectivity index (χ0v) is 23.9. The van der Waals surface area contributed by atoms with Gasteiger partial charge in [0, 0.05) is 23.5 Å². The lowest BCUT2D eigenvalue weighted by Crippen LogP contribution is -2.58. The summed E-state index contributed by atoms with van der Waals surface area (Å²) in [7, 11) is 0. The fraction of sp³-hybridized carbons (Fsp3) is 0.419. The number of benzene rings is 2. The molecule has 0 aliphatic carbocycles. The van der Waals surface area contributed by atoms with Gasteiger partial charge in [0.25, 0.3) is 0 Å². The Labute approximate surface area is 239 Å². The van der Waals surface area contributed by atoms with Crippen LogP contribution in [0.4, 0.5) is 4.79 Å². The zero-order valence-electron chi connectivity index (χ0n) is 23.9. The molecular weight excluding hydrogens is 524 g/mol. The molecule has 0 radical (unpaired) electrons. The number of alkyl carbamates (subject to hydrolysis) is 1. The Bertz CT molecular complexity index is 1380. The van der Waals surface area contributed by atoms with Gasteiger partial charge in [-0.3, -0.25) is 14.4 Å². The maximum Gasteiger partial charge on any atom is 0.408 e. The van der Waals surface area contributed by atoms with Crippen LogP contribution in [0.3, 0.4) is 0 Å². The predicted octanol–water partition coefficient (Wildman–Crippen LogP) is 3.40. The maximum absolute atomic E-state index is 13.7. The van der Waals surface area contributed by atoms with Crippen LogP contribution in [0.5, 0.6) is 0 Å². The van der Waals surface area contributed by atoms with Crippen molar-refractivity contribution in [2.45, 2.75) is 70.9 Å². The van der Waals surface area contributed by atoms with E-state index in [0.717, 1.165) is 22.0 Å². The zero-order chi connectivity index (χ0) is 29.6. The Hall–Kier alpha value is -4.18. The van der Waals surface area contributed by atoms with E-state index in [0.29, 0.717) is 13.0 Å². The highest BCUT2D eigenvalue weighted by atomic mass is 16.6. The molecule has 2 aromatic carbocycles. The molecule has 10 nitrogen and oxygen atoms in total. The summed E-state index contributed by atoms with van der Waals surface area (Å²) < 4.78 is 10.6. The number of hydrogen-bond donors (Lipinski definition) is 4. The molecule has 0 bridgehead atoms. The molecule has 0 saturated carbocycles. The molecule has 41 heavy (non-hydrogen) atoms. The lowest BCUT2D eigenvalue weighted by atomic mass is 9.89. The van der Waals surface area contributed by atoms with Crippen molar-refractivity contribution < 1.29 is 28.7 Å². The number of aromatic nitrogens is 1. The van der Waals surface area contributed by atoms with E-state index in [9.17, 15) is 19.2 Å². The van der Waals surface area contributed by atoms with Crippen LogP contribution >= 0.6 is 0 Å². The van der Waals surface area contributed by atoms with E-state index in [2.05, 4.69) is 20.9 Å². The Morgan fingerprint density at radius 3 is 2.34 bits per heavy atom. The van der Waals surface area contributed by atoms with Gasteiger partial charge in [0.2, 0.25) is 11.8 Å². The number of para-hydroxylation sites is 1. The summed E-state index contributed by atoms with van der Waals surface area (Å²) >= 11 is 0. The number of amides is 3. The first-order valence-electron chi connectivity index (χ1n) is 13.9. The molecular formula is C31H38N4O6. The third-order valence-electron chi connectivity index (χ3n) is 7.56. The first-order chi connectivity index (χ1) is 19.6. The summed E-state index contributed by atoms with van der Waals surface area (Å²) in [6, 6.07) is 14.1. The largest absolute Gasteiger partial charge is 0.445 e. The van der Waals surface area contributed by atoms with Gasteiger partial charge in [-0.15, -0.1) is 0 Å². The monoisotopic (exact) mass is 562 g/mol. The van der Waals surface area contributed by atoms with E-state index in [4.69, 9.17) is 9.47 Å². The van der Waals surface area contributed by atoms with E-state index >= 15 is 0 Å². The van der Waals surface area contributed by atoms with Crippen LogP contribution in [0.15, 0.2) is 60.8 Å². The first kappa shape index (κ1) is 29.8. The van der Waals surface area contributed by atoms with Crippen molar-refractivity contribution >= 4 is 34.6 Å². The minimum atomic E-state index is -1.02. The molecule has 3 amide bonds. The van der Waals surface area contributed by atoms with Gasteiger partial charge in [0.1, 0.15) is 24.3 Å². The highest BCUT2D eigenvalue weighted by Crippen LogP contribution is 2.30. The molecule has 1 aromatic heterocycles. The molecule has 10 heteroatoms. The molecule has 4 N–H and O–H groups in total. The van der Waals surface area contributed by atoms with Gasteiger partial charge >= 0.3 is 6.09 Å². The average molecular weight is 563 g/mol. The maximum atomic E-state index is 13.7. The third-order valence-corrected chi connectivity index (χ3v) is 7.56. The molecule has 5 unspecified atom stereocenters. The van der Waals surface area contributed by atoms with Crippen LogP contribution in [0.1, 0.15) is 45.2 Å². The predicted molar refractivity (Wildman–Crippen MR) is 154 cm³/mol. The van der Waals surface area contributed by atoms with Gasteiger partial charge in [0.05, 0.1) is 12.6 Å². The lowest BCUT2D eigenvalue weighted by Gasteiger charge is -2.28. The second-order valence-electron chi connectivity index (χ2n) is 10.8. The fourth-order valence-electron chi connectivity index (χ4n) is 4.57. The summed E-state index contributed by atoms with van der Waals surface area (Å²) in [5.41, 5.74) is 1.63. The Morgan fingerprint density at radius 2 is 1.66 bits per heavy atom. The number of fused-ring (bicyclic) bond motifs is 1. The average Bonchev–Trinajstić information content (AvgIpc) is 3.61. The summed E-state index contributed by atoms with van der Waals surface area (Å²) in [4.78, 5) is 55.6. The summed E-state index contributed by atoms with van der Waals surface area (Å²) in [6.45, 7) is 7.44. The smallest absolute Gasteiger partial charge is 0.408 e. The van der Waals surface area contributed by atoms with E-state index in [1.54, 1.807) is 13.1 Å². The summed E-state index contributed by atoms with van der Waals surface area (Å²) in [6.07, 6.45) is 1.88. The van der Waals surface area contributed by atoms with Crippen molar-refractivity contribution in [3.8, 4) is 0 Å². The molecule has 0 spiro atoms. The van der Waals surface area contributed by atoms with Crippen molar-refractivity contribution in [1.82, 2.24) is 20.9 Å². The molecule has 218 valence electrons. The van der Waals surface area contributed by atoms with E-state index in [-0.39, 0.29) is 24.7 Å². The van der Waals surface area contributed by atoms with E-state index in [1.807, 2.05) is 68.4 Å². The van der Waals surface area contributed by atoms with Crippen LogP contribution in [-0.2, 0) is 36.9 Å². The highest BCUT2D eigenvalue weighted by Gasteiger charge is 2.51. The molecule has 1 aliphatic heterocycles. The molecule has 1 aliphatic rings. The van der Waals surface area contributed by atoms with Gasteiger partial charge in [-0.2, -0.15) is 0 Å².